The summed E-state index contributed by atoms with van der Waals surface area (Å²) in [5.41, 5.74) is -0.164. The molecule has 0 aliphatic carbocycles. The number of carbonyl (C=O) groups excluding carboxylic acids is 3. The summed E-state index contributed by atoms with van der Waals surface area (Å²) in [6.07, 6.45) is 7.71. The molecular formula is C31H38O9. The number of aliphatic hydroxyl groups is 1. The Morgan fingerprint density at radius 2 is 1.32 bits per heavy atom. The van der Waals surface area contributed by atoms with Crippen molar-refractivity contribution in [2.45, 2.75) is 39.5 Å². The van der Waals surface area contributed by atoms with Crippen molar-refractivity contribution >= 4 is 24.0 Å². The van der Waals surface area contributed by atoms with Gasteiger partial charge in [-0.05, 0) is 87.6 Å². The quantitative estimate of drug-likeness (QED) is 0.119. The van der Waals surface area contributed by atoms with Crippen LogP contribution in [0.4, 0.5) is 0 Å². The van der Waals surface area contributed by atoms with Crippen molar-refractivity contribution in [3.05, 3.63) is 72.8 Å². The number of benzene rings is 2. The summed E-state index contributed by atoms with van der Waals surface area (Å²) in [4.78, 5) is 34.9. The molecule has 0 amide bonds. The van der Waals surface area contributed by atoms with E-state index >= 15 is 0 Å². The first-order valence-electron chi connectivity index (χ1n) is 13.2. The van der Waals surface area contributed by atoms with Crippen LogP contribution in [0.5, 0.6) is 17.2 Å². The number of carbonyl (C=O) groups is 3. The lowest BCUT2D eigenvalue weighted by Crippen LogP contribution is -2.31. The molecule has 0 saturated heterocycles. The van der Waals surface area contributed by atoms with E-state index in [1.165, 1.54) is 6.08 Å². The first-order chi connectivity index (χ1) is 19.2. The minimum absolute atomic E-state index is 0.0703. The number of ether oxygens (including phenoxy) is 5. The molecule has 216 valence electrons. The topological polar surface area (TPSA) is 118 Å². The van der Waals surface area contributed by atoms with Crippen LogP contribution in [0.2, 0.25) is 0 Å². The maximum Gasteiger partial charge on any atom is 0.336 e. The number of aliphatic hydroxyl groups excluding tert-OH is 1. The van der Waals surface area contributed by atoms with Crippen molar-refractivity contribution in [3.8, 4) is 17.2 Å². The largest absolute Gasteiger partial charge is 0.494 e. The molecule has 40 heavy (non-hydrogen) atoms. The second kappa shape index (κ2) is 17.5. The van der Waals surface area contributed by atoms with Crippen molar-refractivity contribution < 1.29 is 43.2 Å². The molecule has 0 aliphatic heterocycles. The summed E-state index contributed by atoms with van der Waals surface area (Å²) in [6.45, 7) is 7.48. The van der Waals surface area contributed by atoms with Crippen LogP contribution in [-0.4, -0.2) is 56.0 Å². The van der Waals surface area contributed by atoms with Gasteiger partial charge in [-0.15, -0.1) is 0 Å². The van der Waals surface area contributed by atoms with E-state index in [1.54, 1.807) is 68.5 Å². The third kappa shape index (κ3) is 12.6. The average molecular weight is 555 g/mol. The second-order valence-electron chi connectivity index (χ2n) is 9.46. The van der Waals surface area contributed by atoms with Crippen LogP contribution in [0.1, 0.15) is 45.1 Å². The van der Waals surface area contributed by atoms with Crippen molar-refractivity contribution in [1.29, 1.82) is 0 Å². The summed E-state index contributed by atoms with van der Waals surface area (Å²) in [5.74, 6) is 0.282. The Hall–Kier alpha value is -4.11. The smallest absolute Gasteiger partial charge is 0.336 e. The van der Waals surface area contributed by atoms with Gasteiger partial charge in [-0.1, -0.05) is 18.7 Å². The maximum atomic E-state index is 12.2. The fourth-order valence-electron chi connectivity index (χ4n) is 3.13. The van der Waals surface area contributed by atoms with Crippen LogP contribution in [0.15, 0.2) is 67.3 Å². The highest BCUT2D eigenvalue weighted by Crippen LogP contribution is 2.19. The van der Waals surface area contributed by atoms with E-state index in [1.807, 2.05) is 0 Å². The third-order valence-corrected chi connectivity index (χ3v) is 5.59. The molecule has 0 spiro atoms. The standard InChI is InChI=1S/C31H38O9/c1-4-28(33)38-20-8-6-5-7-19-36-26-14-16-27(17-15-26)40-29(34)18-11-24-9-12-25(13-10-24)37-21-22-39-30(35)31(2,3)23-32/h4,9-18,32H,1,5-8,19-23H2,2-3H3/b18-11+. The van der Waals surface area contributed by atoms with Crippen LogP contribution >= 0.6 is 0 Å². The number of rotatable bonds is 18. The molecule has 0 radical (unpaired) electrons. The number of unbranched alkanes of at least 4 members (excludes halogenated alkanes) is 3. The molecule has 0 fully saturated rings. The van der Waals surface area contributed by atoms with Crippen molar-refractivity contribution in [1.82, 2.24) is 0 Å². The molecule has 2 aromatic rings. The van der Waals surface area contributed by atoms with E-state index in [-0.39, 0.29) is 19.8 Å². The molecule has 2 rings (SSSR count). The fraction of sp³-hybridized carbons (Fsp3) is 0.387. The fourth-order valence-corrected chi connectivity index (χ4v) is 3.13. The predicted octanol–water partition coefficient (Wildman–Crippen LogP) is 4.91. The Kier molecular flexibility index (Phi) is 14.0. The Morgan fingerprint density at radius 3 is 1.95 bits per heavy atom. The molecule has 9 nitrogen and oxygen atoms in total. The minimum Gasteiger partial charge on any atom is -0.494 e. The Labute approximate surface area is 235 Å². The zero-order valence-electron chi connectivity index (χ0n) is 23.1. The van der Waals surface area contributed by atoms with Gasteiger partial charge in [-0.2, -0.15) is 0 Å². The van der Waals surface area contributed by atoms with Crippen LogP contribution in [-0.2, 0) is 23.9 Å². The summed E-state index contributed by atoms with van der Waals surface area (Å²) in [7, 11) is 0. The highest BCUT2D eigenvalue weighted by Gasteiger charge is 2.28. The molecule has 0 aliphatic rings. The first kappa shape index (κ1) is 32.1. The normalized spacial score (nSPS) is 11.1. The molecule has 1 N–H and O–H groups in total. The van der Waals surface area contributed by atoms with Crippen LogP contribution in [0, 0.1) is 5.41 Å². The van der Waals surface area contributed by atoms with E-state index in [9.17, 15) is 19.5 Å². The monoisotopic (exact) mass is 554 g/mol. The van der Waals surface area contributed by atoms with E-state index in [0.29, 0.717) is 30.5 Å². The summed E-state index contributed by atoms with van der Waals surface area (Å²) in [6, 6.07) is 13.9. The highest BCUT2D eigenvalue weighted by atomic mass is 16.6. The van der Waals surface area contributed by atoms with E-state index in [0.717, 1.165) is 37.3 Å². The summed E-state index contributed by atoms with van der Waals surface area (Å²) < 4.78 is 26.6. The lowest BCUT2D eigenvalue weighted by Gasteiger charge is -2.19. The SMILES string of the molecule is C=CC(=O)OCCCCCCOc1ccc(OC(=O)/C=C/c2ccc(OCCOC(=O)C(C)(C)CO)cc2)cc1. The Morgan fingerprint density at radius 1 is 0.750 bits per heavy atom. The molecule has 2 aromatic carbocycles. The van der Waals surface area contributed by atoms with E-state index in [4.69, 9.17) is 23.7 Å². The maximum absolute atomic E-state index is 12.2. The molecule has 9 heteroatoms. The highest BCUT2D eigenvalue weighted by molar-refractivity contribution is 5.88. The van der Waals surface area contributed by atoms with Crippen LogP contribution in [0.3, 0.4) is 0 Å². The minimum atomic E-state index is -0.943. The number of esters is 3. The molecule has 0 aromatic heterocycles. The van der Waals surface area contributed by atoms with Crippen molar-refractivity contribution in [2.75, 3.05) is 33.0 Å². The van der Waals surface area contributed by atoms with Gasteiger partial charge in [0.2, 0.25) is 0 Å². The Balaban J connectivity index is 1.64. The molecule has 0 unspecified atom stereocenters. The summed E-state index contributed by atoms with van der Waals surface area (Å²) >= 11 is 0. The van der Waals surface area contributed by atoms with Gasteiger partial charge in [0.25, 0.3) is 0 Å². The van der Waals surface area contributed by atoms with Gasteiger partial charge in [0.05, 0.1) is 25.2 Å². The lowest BCUT2D eigenvalue weighted by molar-refractivity contribution is -0.156. The zero-order chi connectivity index (χ0) is 29.2. The number of hydrogen-bond acceptors (Lipinski definition) is 9. The number of hydrogen-bond donors (Lipinski definition) is 1. The van der Waals surface area contributed by atoms with Crippen LogP contribution in [0.25, 0.3) is 6.08 Å². The van der Waals surface area contributed by atoms with E-state index in [2.05, 4.69) is 6.58 Å². The molecule has 0 heterocycles. The zero-order valence-corrected chi connectivity index (χ0v) is 23.1. The van der Waals surface area contributed by atoms with Gasteiger partial charge in [0.1, 0.15) is 30.5 Å². The second-order valence-corrected chi connectivity index (χ2v) is 9.46. The molecular weight excluding hydrogens is 516 g/mol. The predicted molar refractivity (Wildman–Crippen MR) is 150 cm³/mol. The molecule has 0 atom stereocenters. The van der Waals surface area contributed by atoms with Gasteiger partial charge >= 0.3 is 17.9 Å². The van der Waals surface area contributed by atoms with Gasteiger partial charge in [0, 0.05) is 12.2 Å². The van der Waals surface area contributed by atoms with Crippen LogP contribution < -0.4 is 14.2 Å². The summed E-state index contributed by atoms with van der Waals surface area (Å²) in [5, 5.41) is 9.18. The Bertz CT molecular complexity index is 1100. The van der Waals surface area contributed by atoms with E-state index < -0.39 is 23.3 Å². The van der Waals surface area contributed by atoms with Crippen molar-refractivity contribution in [3.63, 3.8) is 0 Å². The first-order valence-corrected chi connectivity index (χ1v) is 13.2. The van der Waals surface area contributed by atoms with Gasteiger partial charge < -0.3 is 28.8 Å². The van der Waals surface area contributed by atoms with Gasteiger partial charge in [-0.3, -0.25) is 4.79 Å². The average Bonchev–Trinajstić information content (AvgIpc) is 2.96. The molecule has 0 bridgehead atoms. The third-order valence-electron chi connectivity index (χ3n) is 5.59. The molecule has 0 saturated carbocycles. The van der Waals surface area contributed by atoms with Crippen molar-refractivity contribution in [2.24, 2.45) is 5.41 Å². The van der Waals surface area contributed by atoms with Gasteiger partial charge in [-0.25, -0.2) is 9.59 Å². The van der Waals surface area contributed by atoms with Gasteiger partial charge in [0.15, 0.2) is 0 Å². The lowest BCUT2D eigenvalue weighted by atomic mass is 9.95.